The quantitative estimate of drug-likeness (QED) is 0.216. The smallest absolute Gasteiger partial charge is 0.325 e. The number of aromatic nitrogens is 3. The van der Waals surface area contributed by atoms with Crippen LogP contribution in [0.5, 0.6) is 18.0 Å². The van der Waals surface area contributed by atoms with Crippen LogP contribution in [-0.4, -0.2) is 54.6 Å². The molecule has 0 aliphatic heterocycles. The van der Waals surface area contributed by atoms with E-state index in [1.807, 2.05) is 0 Å². The molecule has 0 aliphatic carbocycles. The molecule has 0 fully saturated rings. The molecule has 1 rings (SSSR count). The number of nitrogens with zero attached hydrogens (tertiary/aromatic N) is 3. The molecular weight excluding hydrogens is 390 g/mol. The minimum absolute atomic E-state index is 0.171. The molecule has 0 amide bonds. The van der Waals surface area contributed by atoms with Gasteiger partial charge in [-0.25, -0.2) is 0 Å². The maximum absolute atomic E-state index is 5.62. The van der Waals surface area contributed by atoms with E-state index in [4.69, 9.17) is 28.4 Å². The first kappa shape index (κ1) is 25.1. The van der Waals surface area contributed by atoms with Gasteiger partial charge in [0.25, 0.3) is 0 Å². The van der Waals surface area contributed by atoms with Crippen LogP contribution in [0.2, 0.25) is 0 Å². The van der Waals surface area contributed by atoms with Crippen molar-refractivity contribution in [3.8, 4) is 18.0 Å². The molecule has 0 saturated carbocycles. The second-order valence-electron chi connectivity index (χ2n) is 5.96. The largest absolute Gasteiger partial charge is 0.502 e. The monoisotopic (exact) mass is 423 g/mol. The number of hydrogen-bond donors (Lipinski definition) is 0. The predicted molar refractivity (Wildman–Crippen MR) is 112 cm³/mol. The van der Waals surface area contributed by atoms with E-state index in [2.05, 4.69) is 34.7 Å². The van der Waals surface area contributed by atoms with Gasteiger partial charge in [0.2, 0.25) is 0 Å². The van der Waals surface area contributed by atoms with Gasteiger partial charge in [-0.15, -0.1) is 15.0 Å². The van der Waals surface area contributed by atoms with Gasteiger partial charge in [0.05, 0.1) is 58.4 Å². The lowest BCUT2D eigenvalue weighted by Crippen LogP contribution is -2.10. The standard InChI is InChI=1S/C21H33N3O6/c1-4-25-13-7-10-16-28-19-22-20(29-17-11-8-14-26-5-2)24-21(23-19)30-18-12-9-15-27-6-3/h4-6H,1-3,7-18H2. The van der Waals surface area contributed by atoms with Crippen LogP contribution in [0.15, 0.2) is 38.5 Å². The van der Waals surface area contributed by atoms with E-state index in [1.54, 1.807) is 0 Å². The highest BCUT2D eigenvalue weighted by Gasteiger charge is 2.10. The second-order valence-corrected chi connectivity index (χ2v) is 5.96. The Morgan fingerprint density at radius 1 is 0.467 bits per heavy atom. The summed E-state index contributed by atoms with van der Waals surface area (Å²) in [6.07, 6.45) is 9.15. The Hall–Kier alpha value is -2.97. The Morgan fingerprint density at radius 2 is 0.733 bits per heavy atom. The first-order chi connectivity index (χ1) is 14.8. The number of ether oxygens (including phenoxy) is 6. The molecule has 0 radical (unpaired) electrons. The number of rotatable bonds is 21. The van der Waals surface area contributed by atoms with E-state index in [1.165, 1.54) is 18.8 Å². The SMILES string of the molecule is C=COCCCCOc1nc(OCCCCOC=C)nc(OCCCCOC=C)n1. The maximum Gasteiger partial charge on any atom is 0.325 e. The molecule has 9 nitrogen and oxygen atoms in total. The van der Waals surface area contributed by atoms with E-state index in [9.17, 15) is 0 Å². The highest BCUT2D eigenvalue weighted by atomic mass is 16.5. The van der Waals surface area contributed by atoms with E-state index in [-0.39, 0.29) is 18.0 Å². The third-order valence-corrected chi connectivity index (χ3v) is 3.59. The van der Waals surface area contributed by atoms with Gasteiger partial charge in [0.1, 0.15) is 0 Å². The summed E-state index contributed by atoms with van der Waals surface area (Å²) < 4.78 is 32.1. The van der Waals surface area contributed by atoms with Crippen molar-refractivity contribution in [2.45, 2.75) is 38.5 Å². The second kappa shape index (κ2) is 18.1. The molecule has 0 bridgehead atoms. The van der Waals surface area contributed by atoms with Crippen LogP contribution in [0.3, 0.4) is 0 Å². The Bertz CT molecular complexity index is 507. The van der Waals surface area contributed by atoms with Crippen LogP contribution in [0, 0.1) is 0 Å². The van der Waals surface area contributed by atoms with Crippen LogP contribution in [0.25, 0.3) is 0 Å². The van der Waals surface area contributed by atoms with E-state index >= 15 is 0 Å². The van der Waals surface area contributed by atoms with Crippen molar-refractivity contribution in [2.75, 3.05) is 39.6 Å². The third kappa shape index (κ3) is 13.2. The van der Waals surface area contributed by atoms with Crippen LogP contribution >= 0.6 is 0 Å². The van der Waals surface area contributed by atoms with Gasteiger partial charge in [-0.1, -0.05) is 19.7 Å². The first-order valence-corrected chi connectivity index (χ1v) is 10.1. The van der Waals surface area contributed by atoms with Crippen LogP contribution in [0.4, 0.5) is 0 Å². The molecule has 1 aromatic rings. The highest BCUT2D eigenvalue weighted by Crippen LogP contribution is 2.16. The van der Waals surface area contributed by atoms with Crippen molar-refractivity contribution in [3.63, 3.8) is 0 Å². The first-order valence-electron chi connectivity index (χ1n) is 10.1. The van der Waals surface area contributed by atoms with Gasteiger partial charge in [0.15, 0.2) is 0 Å². The van der Waals surface area contributed by atoms with Crippen LogP contribution in [0.1, 0.15) is 38.5 Å². The lowest BCUT2D eigenvalue weighted by atomic mass is 10.3. The van der Waals surface area contributed by atoms with Crippen molar-refractivity contribution in [2.24, 2.45) is 0 Å². The number of unbranched alkanes of at least 4 members (excludes halogenated alkanes) is 3. The summed E-state index contributed by atoms with van der Waals surface area (Å²) >= 11 is 0. The average molecular weight is 424 g/mol. The Balaban J connectivity index is 2.50. The molecule has 0 spiro atoms. The van der Waals surface area contributed by atoms with E-state index in [0.717, 1.165) is 38.5 Å². The zero-order valence-corrected chi connectivity index (χ0v) is 17.6. The Kier molecular flexibility index (Phi) is 15.1. The van der Waals surface area contributed by atoms with Gasteiger partial charge >= 0.3 is 18.0 Å². The summed E-state index contributed by atoms with van der Waals surface area (Å²) in [4.78, 5) is 12.6. The minimum atomic E-state index is 0.171. The summed E-state index contributed by atoms with van der Waals surface area (Å²) in [6, 6.07) is 0.513. The normalized spacial score (nSPS) is 10.0. The van der Waals surface area contributed by atoms with Crippen molar-refractivity contribution < 1.29 is 28.4 Å². The van der Waals surface area contributed by atoms with Gasteiger partial charge < -0.3 is 28.4 Å². The van der Waals surface area contributed by atoms with Crippen molar-refractivity contribution in [1.82, 2.24) is 15.0 Å². The van der Waals surface area contributed by atoms with Crippen LogP contribution in [-0.2, 0) is 14.2 Å². The molecule has 0 aromatic carbocycles. The molecule has 1 heterocycles. The molecule has 1 aromatic heterocycles. The Morgan fingerprint density at radius 3 is 1.00 bits per heavy atom. The van der Waals surface area contributed by atoms with Gasteiger partial charge in [-0.3, -0.25) is 0 Å². The molecule has 0 unspecified atom stereocenters. The molecule has 168 valence electrons. The lowest BCUT2D eigenvalue weighted by molar-refractivity contribution is 0.200. The molecular formula is C21H33N3O6. The van der Waals surface area contributed by atoms with Crippen LogP contribution < -0.4 is 14.2 Å². The van der Waals surface area contributed by atoms with Gasteiger partial charge in [-0.2, -0.15) is 0 Å². The fraction of sp³-hybridized carbons (Fsp3) is 0.571. The van der Waals surface area contributed by atoms with Crippen molar-refractivity contribution >= 4 is 0 Å². The summed E-state index contributed by atoms with van der Waals surface area (Å²) in [5, 5.41) is 0. The molecule has 30 heavy (non-hydrogen) atoms. The molecule has 0 N–H and O–H groups in total. The molecule has 0 saturated heterocycles. The summed E-state index contributed by atoms with van der Waals surface area (Å²) in [7, 11) is 0. The molecule has 9 heteroatoms. The zero-order chi connectivity index (χ0) is 21.7. The predicted octanol–water partition coefficient (Wildman–Crippen LogP) is 3.83. The fourth-order valence-corrected chi connectivity index (χ4v) is 2.12. The van der Waals surface area contributed by atoms with E-state index in [0.29, 0.717) is 39.6 Å². The van der Waals surface area contributed by atoms with Crippen molar-refractivity contribution in [1.29, 1.82) is 0 Å². The maximum atomic E-state index is 5.62. The fourth-order valence-electron chi connectivity index (χ4n) is 2.12. The lowest BCUT2D eigenvalue weighted by Gasteiger charge is -2.10. The average Bonchev–Trinajstić information content (AvgIpc) is 2.75. The van der Waals surface area contributed by atoms with Gasteiger partial charge in [-0.05, 0) is 38.5 Å². The highest BCUT2D eigenvalue weighted by molar-refractivity contribution is 5.09. The molecule has 0 atom stereocenters. The summed E-state index contributed by atoms with van der Waals surface area (Å²) in [6.45, 7) is 13.6. The summed E-state index contributed by atoms with van der Waals surface area (Å²) in [5.41, 5.74) is 0. The number of hydrogen-bond acceptors (Lipinski definition) is 9. The van der Waals surface area contributed by atoms with Gasteiger partial charge in [0, 0.05) is 0 Å². The molecule has 0 aliphatic rings. The Labute approximate surface area is 178 Å². The zero-order valence-electron chi connectivity index (χ0n) is 17.6. The van der Waals surface area contributed by atoms with Crippen molar-refractivity contribution in [3.05, 3.63) is 38.5 Å². The topological polar surface area (TPSA) is 94.1 Å². The minimum Gasteiger partial charge on any atom is -0.502 e. The summed E-state index contributed by atoms with van der Waals surface area (Å²) in [5.74, 6) is 0. The third-order valence-electron chi connectivity index (χ3n) is 3.59. The van der Waals surface area contributed by atoms with E-state index < -0.39 is 0 Å².